The van der Waals surface area contributed by atoms with E-state index in [1.807, 2.05) is 14.1 Å². The maximum atomic E-state index is 12.2. The third-order valence-corrected chi connectivity index (χ3v) is 5.29. The lowest BCUT2D eigenvalue weighted by Gasteiger charge is -2.18. The predicted octanol–water partition coefficient (Wildman–Crippen LogP) is 7.30. The molecule has 0 fully saturated rings. The lowest BCUT2D eigenvalue weighted by Crippen LogP contribution is -2.20. The van der Waals surface area contributed by atoms with Crippen LogP contribution in [0.5, 0.6) is 0 Å². The Morgan fingerprint density at radius 3 is 1.89 bits per heavy atom. The molecular weight excluding hydrogens is 346 g/mol. The summed E-state index contributed by atoms with van der Waals surface area (Å²) in [6.45, 7) is 9.28. The van der Waals surface area contributed by atoms with Gasteiger partial charge in [-0.3, -0.25) is 4.79 Å². The number of ether oxygens (including phenoxy) is 1. The second-order valence-electron chi connectivity index (χ2n) is 8.84. The van der Waals surface area contributed by atoms with E-state index in [-0.39, 0.29) is 12.1 Å². The van der Waals surface area contributed by atoms with E-state index in [0.29, 0.717) is 6.42 Å². The molecule has 0 aliphatic carbocycles. The quantitative estimate of drug-likeness (QED) is 0.123. The first kappa shape index (κ1) is 27.2. The summed E-state index contributed by atoms with van der Waals surface area (Å²) in [6.07, 6.45) is 18.8. The van der Waals surface area contributed by atoms with Crippen molar-refractivity contribution in [3.8, 4) is 0 Å². The number of unbranched alkanes of at least 4 members (excludes halogenated alkanes) is 9. The lowest BCUT2D eigenvalue weighted by atomic mass is 10.0. The average molecular weight is 396 g/mol. The Morgan fingerprint density at radius 2 is 1.36 bits per heavy atom. The van der Waals surface area contributed by atoms with Crippen molar-refractivity contribution >= 4 is 5.97 Å². The number of carbonyl (C=O) groups excluding carboxylic acids is 1. The van der Waals surface area contributed by atoms with Gasteiger partial charge >= 0.3 is 5.97 Å². The van der Waals surface area contributed by atoms with Crippen LogP contribution in [0.25, 0.3) is 0 Å². The van der Waals surface area contributed by atoms with E-state index in [1.54, 1.807) is 0 Å². The van der Waals surface area contributed by atoms with Crippen LogP contribution in [-0.2, 0) is 9.53 Å². The summed E-state index contributed by atoms with van der Waals surface area (Å²) in [4.78, 5) is 14.3. The Bertz CT molecular complexity index is 379. The molecule has 0 spiro atoms. The van der Waals surface area contributed by atoms with E-state index in [0.717, 1.165) is 32.2 Å². The van der Waals surface area contributed by atoms with Gasteiger partial charge in [0.05, 0.1) is 0 Å². The van der Waals surface area contributed by atoms with Crippen LogP contribution in [0.4, 0.5) is 0 Å². The Kier molecular flexibility index (Phi) is 18.9. The van der Waals surface area contributed by atoms with Crippen molar-refractivity contribution in [2.24, 2.45) is 0 Å². The summed E-state index contributed by atoms with van der Waals surface area (Å²) in [5, 5.41) is 0. The van der Waals surface area contributed by atoms with Crippen molar-refractivity contribution in [1.82, 2.24) is 4.90 Å². The van der Waals surface area contributed by atoms with Gasteiger partial charge in [-0.05, 0) is 72.5 Å². The fraction of sp³-hybridized carbons (Fsp3) is 0.880. The third-order valence-electron chi connectivity index (χ3n) is 5.29. The van der Waals surface area contributed by atoms with E-state index in [9.17, 15) is 4.79 Å². The zero-order valence-electron chi connectivity index (χ0n) is 19.6. The molecule has 3 nitrogen and oxygen atoms in total. The molecular formula is C25H49NO2. The largest absolute Gasteiger partial charge is 0.462 e. The number of nitrogens with zero attached hydrogens (tertiary/aromatic N) is 1. The summed E-state index contributed by atoms with van der Waals surface area (Å²) in [5.41, 5.74) is 1.29. The average Bonchev–Trinajstić information content (AvgIpc) is 2.62. The minimum absolute atomic E-state index is 0.000656. The van der Waals surface area contributed by atoms with Gasteiger partial charge in [-0.2, -0.15) is 0 Å². The molecule has 0 aliphatic heterocycles. The Morgan fingerprint density at radius 1 is 0.821 bits per heavy atom. The van der Waals surface area contributed by atoms with Crippen LogP contribution in [0.2, 0.25) is 0 Å². The van der Waals surface area contributed by atoms with Crippen LogP contribution in [0, 0.1) is 0 Å². The van der Waals surface area contributed by atoms with E-state index in [2.05, 4.69) is 25.3 Å². The number of hydrogen-bond acceptors (Lipinski definition) is 3. The summed E-state index contributed by atoms with van der Waals surface area (Å²) in [7, 11) is 4.09. The smallest absolute Gasteiger partial charge is 0.306 e. The van der Waals surface area contributed by atoms with E-state index in [1.165, 1.54) is 76.2 Å². The minimum atomic E-state index is -0.000656. The summed E-state index contributed by atoms with van der Waals surface area (Å²) in [6, 6.07) is 0. The fourth-order valence-electron chi connectivity index (χ4n) is 3.53. The highest BCUT2D eigenvalue weighted by Gasteiger charge is 2.14. The standard InChI is InChI=1S/C25H49NO2/c1-6-7-8-9-12-15-19-24(28-25(27)21-17-22-26(4)5)20-16-13-10-11-14-18-23(2)3/h24H,2,6-22H2,1,3-5H3. The van der Waals surface area contributed by atoms with E-state index >= 15 is 0 Å². The summed E-state index contributed by atoms with van der Waals surface area (Å²) >= 11 is 0. The Hall–Kier alpha value is -0.830. The van der Waals surface area contributed by atoms with Gasteiger partial charge in [0.25, 0.3) is 0 Å². The van der Waals surface area contributed by atoms with Gasteiger partial charge in [0, 0.05) is 6.42 Å². The number of esters is 1. The van der Waals surface area contributed by atoms with E-state index < -0.39 is 0 Å². The number of hydrogen-bond donors (Lipinski definition) is 0. The number of rotatable bonds is 20. The molecule has 1 atom stereocenters. The molecule has 28 heavy (non-hydrogen) atoms. The first-order chi connectivity index (χ1) is 13.5. The molecule has 0 amide bonds. The minimum Gasteiger partial charge on any atom is -0.462 e. The van der Waals surface area contributed by atoms with Gasteiger partial charge in [-0.1, -0.05) is 63.9 Å². The molecule has 0 saturated carbocycles. The highest BCUT2D eigenvalue weighted by molar-refractivity contribution is 5.69. The molecule has 0 aromatic heterocycles. The maximum Gasteiger partial charge on any atom is 0.306 e. The van der Waals surface area contributed by atoms with Crippen molar-refractivity contribution in [1.29, 1.82) is 0 Å². The molecule has 166 valence electrons. The summed E-state index contributed by atoms with van der Waals surface area (Å²) < 4.78 is 5.85. The zero-order chi connectivity index (χ0) is 21.0. The second-order valence-corrected chi connectivity index (χ2v) is 8.84. The SMILES string of the molecule is C=C(C)CCCCCCCC(CCCCCCCC)OC(=O)CCCN(C)C. The topological polar surface area (TPSA) is 29.5 Å². The Balaban J connectivity index is 4.05. The number of allylic oxidation sites excluding steroid dienone is 1. The maximum absolute atomic E-state index is 12.2. The van der Waals surface area contributed by atoms with Crippen molar-refractivity contribution in [2.75, 3.05) is 20.6 Å². The highest BCUT2D eigenvalue weighted by atomic mass is 16.5. The first-order valence-corrected chi connectivity index (χ1v) is 11.9. The molecule has 0 bridgehead atoms. The first-order valence-electron chi connectivity index (χ1n) is 11.9. The van der Waals surface area contributed by atoms with Crippen molar-refractivity contribution in [3.05, 3.63) is 12.2 Å². The van der Waals surface area contributed by atoms with Crippen LogP contribution in [0.15, 0.2) is 12.2 Å². The molecule has 3 heteroatoms. The summed E-state index contributed by atoms with van der Waals surface area (Å²) in [5.74, 6) is -0.000656. The normalized spacial score (nSPS) is 12.3. The molecule has 0 radical (unpaired) electrons. The van der Waals surface area contributed by atoms with Crippen LogP contribution >= 0.6 is 0 Å². The molecule has 0 N–H and O–H groups in total. The van der Waals surface area contributed by atoms with Gasteiger partial charge in [0.15, 0.2) is 0 Å². The number of carbonyl (C=O) groups is 1. The Labute approximate surface area is 176 Å². The van der Waals surface area contributed by atoms with Crippen LogP contribution < -0.4 is 0 Å². The monoisotopic (exact) mass is 395 g/mol. The molecule has 0 rings (SSSR count). The fourth-order valence-corrected chi connectivity index (χ4v) is 3.53. The molecule has 1 unspecified atom stereocenters. The lowest BCUT2D eigenvalue weighted by molar-refractivity contribution is -0.150. The third kappa shape index (κ3) is 19.9. The van der Waals surface area contributed by atoms with E-state index in [4.69, 9.17) is 4.74 Å². The molecule has 0 aliphatic rings. The predicted molar refractivity (Wildman–Crippen MR) is 123 cm³/mol. The van der Waals surface area contributed by atoms with Gasteiger partial charge < -0.3 is 9.64 Å². The van der Waals surface area contributed by atoms with Gasteiger partial charge in [-0.15, -0.1) is 6.58 Å². The van der Waals surface area contributed by atoms with Gasteiger partial charge in [-0.25, -0.2) is 0 Å². The second kappa shape index (κ2) is 19.5. The van der Waals surface area contributed by atoms with Crippen molar-refractivity contribution in [3.63, 3.8) is 0 Å². The van der Waals surface area contributed by atoms with Crippen molar-refractivity contribution < 1.29 is 9.53 Å². The molecule has 0 aromatic rings. The molecule has 0 aromatic carbocycles. The van der Waals surface area contributed by atoms with Gasteiger partial charge in [0.2, 0.25) is 0 Å². The zero-order valence-corrected chi connectivity index (χ0v) is 19.6. The van der Waals surface area contributed by atoms with Crippen molar-refractivity contribution in [2.45, 2.75) is 123 Å². The molecule has 0 saturated heterocycles. The van der Waals surface area contributed by atoms with Crippen LogP contribution in [-0.4, -0.2) is 37.6 Å². The highest BCUT2D eigenvalue weighted by Crippen LogP contribution is 2.18. The van der Waals surface area contributed by atoms with Gasteiger partial charge in [0.1, 0.15) is 6.10 Å². The van der Waals surface area contributed by atoms with Crippen LogP contribution in [0.1, 0.15) is 117 Å². The molecule has 0 heterocycles. The van der Waals surface area contributed by atoms with Crippen LogP contribution in [0.3, 0.4) is 0 Å².